The highest BCUT2D eigenvalue weighted by molar-refractivity contribution is 7.48. The van der Waals surface area contributed by atoms with E-state index < -0.39 is 7.82 Å². The molecule has 0 saturated carbocycles. The highest BCUT2D eigenvalue weighted by atomic mass is 35.5. The molecular formula is C28H37ClNO8P. The molecule has 1 aromatic heterocycles. The third kappa shape index (κ3) is 9.19. The smallest absolute Gasteiger partial charge is 0.474 e. The number of hydrogen-bond donors (Lipinski definition) is 0. The van der Waals surface area contributed by atoms with Gasteiger partial charge in [0.25, 0.3) is 12.4 Å². The second kappa shape index (κ2) is 16.4. The van der Waals surface area contributed by atoms with Gasteiger partial charge in [0.05, 0.1) is 39.1 Å². The summed E-state index contributed by atoms with van der Waals surface area (Å²) in [5.41, 5.74) is 3.66. The van der Waals surface area contributed by atoms with Crippen molar-refractivity contribution in [2.24, 2.45) is 0 Å². The molecule has 3 rings (SSSR count). The van der Waals surface area contributed by atoms with E-state index in [0.717, 1.165) is 28.8 Å². The summed E-state index contributed by atoms with van der Waals surface area (Å²) in [6, 6.07) is 12.8. The number of fused-ring (bicyclic) bond motifs is 1. The van der Waals surface area contributed by atoms with E-state index in [9.17, 15) is 14.2 Å². The van der Waals surface area contributed by atoms with E-state index in [1.165, 1.54) is 5.56 Å². The molecule has 0 unspecified atom stereocenters. The van der Waals surface area contributed by atoms with Crippen LogP contribution < -0.4 is 4.74 Å². The fraction of sp³-hybridized carbons (Fsp3) is 0.429. The first kappa shape index (κ1) is 32.5. The molecule has 11 heteroatoms. The van der Waals surface area contributed by atoms with E-state index in [2.05, 4.69) is 11.7 Å². The number of unbranched alkanes of at least 4 members (excludes halogenated alkanes) is 1. The number of phosphoric ester groups is 1. The van der Waals surface area contributed by atoms with Crippen LogP contribution >= 0.6 is 19.4 Å². The summed E-state index contributed by atoms with van der Waals surface area (Å²) in [7, 11) is -1.74. The second-order valence-corrected chi connectivity index (χ2v) is 10.3. The van der Waals surface area contributed by atoms with Crippen LogP contribution in [0.4, 0.5) is 0 Å². The minimum absolute atomic E-state index is 0.0472. The molecule has 0 aliphatic rings. The molecule has 0 spiro atoms. The monoisotopic (exact) mass is 581 g/mol. The molecule has 0 aliphatic heterocycles. The predicted octanol–water partition coefficient (Wildman–Crippen LogP) is 7.00. The van der Waals surface area contributed by atoms with E-state index in [-0.39, 0.29) is 25.7 Å². The van der Waals surface area contributed by atoms with E-state index in [1.54, 1.807) is 49.8 Å². The maximum Gasteiger partial charge on any atom is 0.474 e. The summed E-state index contributed by atoms with van der Waals surface area (Å²) < 4.78 is 38.2. The molecule has 1 heterocycles. The Bertz CT molecular complexity index is 1250. The quantitative estimate of drug-likeness (QED) is 0.114. The van der Waals surface area contributed by atoms with Gasteiger partial charge in [-0.2, -0.15) is 0 Å². The van der Waals surface area contributed by atoms with Crippen LogP contribution in [0.25, 0.3) is 10.9 Å². The minimum atomic E-state index is -3.39. The van der Waals surface area contributed by atoms with Crippen LogP contribution in [0.5, 0.6) is 5.75 Å². The third-order valence-corrected chi connectivity index (χ3v) is 7.64. The van der Waals surface area contributed by atoms with Crippen LogP contribution in [0.2, 0.25) is 5.02 Å². The van der Waals surface area contributed by atoms with Crippen LogP contribution in [0.15, 0.2) is 42.5 Å². The number of phosphoric acid groups is 1. The number of hydrogen-bond acceptors (Lipinski definition) is 8. The topological polar surface area (TPSA) is 102 Å². The Hall–Kier alpha value is -2.68. The van der Waals surface area contributed by atoms with E-state index in [0.29, 0.717) is 36.5 Å². The molecule has 0 aliphatic carbocycles. The van der Waals surface area contributed by atoms with Crippen molar-refractivity contribution in [1.82, 2.24) is 4.57 Å². The van der Waals surface area contributed by atoms with Gasteiger partial charge in [-0.15, -0.1) is 0 Å². The van der Waals surface area contributed by atoms with Gasteiger partial charge in [-0.1, -0.05) is 18.5 Å². The van der Waals surface area contributed by atoms with Crippen molar-refractivity contribution in [3.8, 4) is 5.75 Å². The molecule has 214 valence electrons. The van der Waals surface area contributed by atoms with Gasteiger partial charge in [0.15, 0.2) is 0 Å². The number of carbonyl (C=O) groups is 2. The van der Waals surface area contributed by atoms with Crippen LogP contribution in [0.1, 0.15) is 55.2 Å². The summed E-state index contributed by atoms with van der Waals surface area (Å²) in [5.74, 6) is 0.748. The fourth-order valence-corrected chi connectivity index (χ4v) is 5.29. The summed E-state index contributed by atoms with van der Waals surface area (Å²) >= 11 is 5.92. The number of carbonyl (C=O) groups excluding carboxylic acids is 2. The lowest BCUT2D eigenvalue weighted by Gasteiger charge is -2.15. The van der Waals surface area contributed by atoms with Crippen LogP contribution in [-0.2, 0) is 34.1 Å². The zero-order valence-electron chi connectivity index (χ0n) is 23.1. The number of aryl methyl sites for hydroxylation is 1. The first-order chi connectivity index (χ1) is 18.7. The van der Waals surface area contributed by atoms with Crippen molar-refractivity contribution in [3.63, 3.8) is 0 Å². The summed E-state index contributed by atoms with van der Waals surface area (Å²) in [6.07, 6.45) is 2.13. The Morgan fingerprint density at radius 3 is 2.18 bits per heavy atom. The van der Waals surface area contributed by atoms with Crippen LogP contribution in [0.3, 0.4) is 0 Å². The zero-order valence-corrected chi connectivity index (χ0v) is 24.8. The van der Waals surface area contributed by atoms with Crippen molar-refractivity contribution >= 4 is 42.7 Å². The Kier molecular flexibility index (Phi) is 13.7. The molecule has 0 N–H and O–H groups in total. The van der Waals surface area contributed by atoms with E-state index >= 15 is 0 Å². The number of nitrogens with zero attached hydrogens (tertiary/aromatic N) is 1. The molecule has 0 fully saturated rings. The lowest BCUT2D eigenvalue weighted by atomic mass is 10.1. The zero-order chi connectivity index (χ0) is 28.8. The van der Waals surface area contributed by atoms with Gasteiger partial charge in [-0.25, -0.2) is 4.57 Å². The SMILES string of the molecule is CCOP(=O)(OCC)OCCCCOC=O.CCc1c(C)n(C(=O)c2ccc(Cl)cc2)c2ccc(OC)cc12. The standard InChI is InChI=1S/C19H18ClNO2.C9H19O6P/c1-4-16-12(2)21(18-10-9-15(23-3)11-17(16)18)19(22)13-5-7-14(20)8-6-13;1-3-13-16(11,14-4-2)15-8-6-5-7-12-9-10/h5-11H,4H2,1-3H3;9H,3-8H2,1-2H3. The molecule has 0 radical (unpaired) electrons. The fourth-order valence-electron chi connectivity index (χ4n) is 3.96. The van der Waals surface area contributed by atoms with Gasteiger partial charge in [-0.05, 0) is 88.1 Å². The molecule has 3 aromatic rings. The van der Waals surface area contributed by atoms with Crippen LogP contribution in [0, 0.1) is 6.92 Å². The van der Waals surface area contributed by atoms with Gasteiger partial charge in [0.2, 0.25) is 0 Å². The number of methoxy groups -OCH3 is 1. The van der Waals surface area contributed by atoms with Crippen LogP contribution in [-0.4, -0.2) is 50.5 Å². The molecule has 0 saturated heterocycles. The van der Waals surface area contributed by atoms with Crippen molar-refractivity contribution in [2.75, 3.05) is 33.5 Å². The number of ether oxygens (including phenoxy) is 2. The van der Waals surface area contributed by atoms with Crippen molar-refractivity contribution in [2.45, 2.75) is 47.0 Å². The average Bonchev–Trinajstić information content (AvgIpc) is 3.21. The average molecular weight is 582 g/mol. The molecule has 0 amide bonds. The van der Waals surface area contributed by atoms with Gasteiger partial charge < -0.3 is 9.47 Å². The van der Waals surface area contributed by atoms with E-state index in [4.69, 9.17) is 29.9 Å². The molecule has 0 atom stereocenters. The maximum atomic E-state index is 13.0. The van der Waals surface area contributed by atoms with Gasteiger partial charge in [-0.3, -0.25) is 27.7 Å². The Labute approximate surface area is 234 Å². The number of benzene rings is 2. The highest BCUT2D eigenvalue weighted by Gasteiger charge is 2.24. The lowest BCUT2D eigenvalue weighted by Crippen LogP contribution is -2.13. The molecular weight excluding hydrogens is 545 g/mol. The Morgan fingerprint density at radius 2 is 1.62 bits per heavy atom. The third-order valence-electron chi connectivity index (χ3n) is 5.74. The van der Waals surface area contributed by atoms with Crippen molar-refractivity contribution in [1.29, 1.82) is 0 Å². The number of halogens is 1. The van der Waals surface area contributed by atoms with Gasteiger partial charge in [0, 0.05) is 21.7 Å². The van der Waals surface area contributed by atoms with Gasteiger partial charge >= 0.3 is 7.82 Å². The van der Waals surface area contributed by atoms with Crippen molar-refractivity contribution < 1.29 is 37.2 Å². The normalized spacial score (nSPS) is 11.1. The molecule has 0 bridgehead atoms. The predicted molar refractivity (Wildman–Crippen MR) is 152 cm³/mol. The Morgan fingerprint density at radius 1 is 0.974 bits per heavy atom. The number of aromatic nitrogens is 1. The highest BCUT2D eigenvalue weighted by Crippen LogP contribution is 2.49. The Balaban J connectivity index is 0.000000295. The lowest BCUT2D eigenvalue weighted by molar-refractivity contribution is -0.128. The molecule has 39 heavy (non-hydrogen) atoms. The molecule has 9 nitrogen and oxygen atoms in total. The van der Waals surface area contributed by atoms with Gasteiger partial charge in [0.1, 0.15) is 5.75 Å². The summed E-state index contributed by atoms with van der Waals surface area (Å²) in [5, 5.41) is 1.68. The number of rotatable bonds is 14. The minimum Gasteiger partial charge on any atom is -0.497 e. The first-order valence-electron chi connectivity index (χ1n) is 12.8. The second-order valence-electron chi connectivity index (χ2n) is 8.24. The summed E-state index contributed by atoms with van der Waals surface area (Å²) in [6.45, 7) is 9.03. The largest absolute Gasteiger partial charge is 0.497 e. The first-order valence-corrected chi connectivity index (χ1v) is 14.7. The molecule has 2 aromatic carbocycles. The maximum absolute atomic E-state index is 13.0. The summed E-state index contributed by atoms with van der Waals surface area (Å²) in [4.78, 5) is 22.8. The van der Waals surface area contributed by atoms with E-state index in [1.807, 2.05) is 25.1 Å². The van der Waals surface area contributed by atoms with Crippen molar-refractivity contribution in [3.05, 3.63) is 64.3 Å².